The summed E-state index contributed by atoms with van der Waals surface area (Å²) < 4.78 is 1.87. The van der Waals surface area contributed by atoms with Gasteiger partial charge in [0, 0.05) is 23.2 Å². The Bertz CT molecular complexity index is 996. The van der Waals surface area contributed by atoms with Crippen LogP contribution in [0.25, 0.3) is 10.9 Å². The van der Waals surface area contributed by atoms with Crippen molar-refractivity contribution in [3.63, 3.8) is 0 Å². The number of hydrogen-bond acceptors (Lipinski definition) is 2. The van der Waals surface area contributed by atoms with Crippen LogP contribution in [0.15, 0.2) is 53.5 Å². The van der Waals surface area contributed by atoms with E-state index in [0.29, 0.717) is 27.7 Å². The standard InChI is InChI=1S/C18H14Cl2N2O2/c1-2-22-10-13(17(23)12-5-3-4-6-16(12)22)18(24)21-15-9-11(19)7-8-14(15)20/h3-10H,2H2,1H3,(H,21,24). The molecule has 1 aromatic heterocycles. The molecule has 0 bridgehead atoms. The summed E-state index contributed by atoms with van der Waals surface area (Å²) in [5.74, 6) is -0.517. The molecule has 0 aliphatic heterocycles. The van der Waals surface area contributed by atoms with E-state index in [-0.39, 0.29) is 11.0 Å². The number of aryl methyl sites for hydroxylation is 1. The molecule has 122 valence electrons. The molecule has 0 spiro atoms. The molecule has 1 N–H and O–H groups in total. The minimum absolute atomic E-state index is 0.0617. The second-order valence-corrected chi connectivity index (χ2v) is 6.10. The van der Waals surface area contributed by atoms with Gasteiger partial charge in [-0.1, -0.05) is 35.3 Å². The molecule has 3 aromatic rings. The highest BCUT2D eigenvalue weighted by atomic mass is 35.5. The van der Waals surface area contributed by atoms with Crippen molar-refractivity contribution in [1.29, 1.82) is 0 Å². The number of nitrogens with zero attached hydrogens (tertiary/aromatic N) is 1. The van der Waals surface area contributed by atoms with Gasteiger partial charge in [0.2, 0.25) is 5.43 Å². The zero-order valence-corrected chi connectivity index (χ0v) is 14.4. The number of amides is 1. The topological polar surface area (TPSA) is 51.1 Å². The van der Waals surface area contributed by atoms with E-state index in [1.54, 1.807) is 36.5 Å². The number of rotatable bonds is 3. The van der Waals surface area contributed by atoms with Gasteiger partial charge in [0.05, 0.1) is 16.2 Å². The molecule has 3 rings (SSSR count). The molecule has 0 saturated heterocycles. The van der Waals surface area contributed by atoms with E-state index >= 15 is 0 Å². The van der Waals surface area contributed by atoms with E-state index in [4.69, 9.17) is 23.2 Å². The quantitative estimate of drug-likeness (QED) is 0.742. The number of benzene rings is 2. The van der Waals surface area contributed by atoms with Gasteiger partial charge in [-0.25, -0.2) is 0 Å². The van der Waals surface area contributed by atoms with Crippen molar-refractivity contribution >= 4 is 45.7 Å². The van der Waals surface area contributed by atoms with Crippen LogP contribution in [0.1, 0.15) is 17.3 Å². The number of aromatic nitrogens is 1. The molecule has 0 atom stereocenters. The normalized spacial score (nSPS) is 10.8. The van der Waals surface area contributed by atoms with Gasteiger partial charge in [-0.15, -0.1) is 0 Å². The van der Waals surface area contributed by atoms with Gasteiger partial charge in [0.15, 0.2) is 0 Å². The van der Waals surface area contributed by atoms with Crippen LogP contribution in [-0.4, -0.2) is 10.5 Å². The Morgan fingerprint density at radius 1 is 1.17 bits per heavy atom. The third kappa shape index (κ3) is 3.03. The number of para-hydroxylation sites is 1. The van der Waals surface area contributed by atoms with Crippen molar-refractivity contribution in [1.82, 2.24) is 4.57 Å². The number of anilines is 1. The molecular weight excluding hydrogens is 347 g/mol. The van der Waals surface area contributed by atoms with Gasteiger partial charge < -0.3 is 9.88 Å². The summed E-state index contributed by atoms with van der Waals surface area (Å²) in [7, 11) is 0. The zero-order chi connectivity index (χ0) is 17.3. The minimum Gasteiger partial charge on any atom is -0.347 e. The van der Waals surface area contributed by atoms with E-state index in [1.807, 2.05) is 23.6 Å². The van der Waals surface area contributed by atoms with Crippen molar-refractivity contribution in [3.8, 4) is 0 Å². The number of hydrogen-bond donors (Lipinski definition) is 1. The Morgan fingerprint density at radius 3 is 2.67 bits per heavy atom. The molecule has 0 saturated carbocycles. The van der Waals surface area contributed by atoms with Crippen molar-refractivity contribution < 1.29 is 4.79 Å². The van der Waals surface area contributed by atoms with Crippen LogP contribution < -0.4 is 10.7 Å². The third-order valence-corrected chi connectivity index (χ3v) is 4.31. The summed E-state index contributed by atoms with van der Waals surface area (Å²) in [6.45, 7) is 2.59. The van der Waals surface area contributed by atoms with Crippen molar-refractivity contribution in [3.05, 3.63) is 74.5 Å². The number of carbonyl (C=O) groups is 1. The lowest BCUT2D eigenvalue weighted by molar-refractivity contribution is 0.102. The lowest BCUT2D eigenvalue weighted by Gasteiger charge is -2.12. The van der Waals surface area contributed by atoms with Crippen LogP contribution in [0.5, 0.6) is 0 Å². The smallest absolute Gasteiger partial charge is 0.261 e. The Hall–Kier alpha value is -2.30. The highest BCUT2D eigenvalue weighted by Crippen LogP contribution is 2.25. The molecule has 0 radical (unpaired) electrons. The molecule has 0 aliphatic carbocycles. The lowest BCUT2D eigenvalue weighted by atomic mass is 10.1. The van der Waals surface area contributed by atoms with Crippen molar-refractivity contribution in [2.24, 2.45) is 0 Å². The van der Waals surface area contributed by atoms with Crippen molar-refractivity contribution in [2.45, 2.75) is 13.5 Å². The molecule has 4 nitrogen and oxygen atoms in total. The van der Waals surface area contributed by atoms with Gasteiger partial charge in [0.1, 0.15) is 5.56 Å². The average molecular weight is 361 g/mol. The predicted octanol–water partition coefficient (Wildman–Crippen LogP) is 4.58. The summed E-state index contributed by atoms with van der Waals surface area (Å²) in [6, 6.07) is 12.0. The average Bonchev–Trinajstić information content (AvgIpc) is 2.58. The summed E-state index contributed by atoms with van der Waals surface area (Å²) in [4.78, 5) is 25.2. The maximum absolute atomic E-state index is 12.6. The van der Waals surface area contributed by atoms with E-state index in [9.17, 15) is 9.59 Å². The summed E-state index contributed by atoms with van der Waals surface area (Å²) in [5, 5.41) is 3.95. The summed E-state index contributed by atoms with van der Waals surface area (Å²) in [5.41, 5.74) is 0.907. The van der Waals surface area contributed by atoms with Crippen molar-refractivity contribution in [2.75, 3.05) is 5.32 Å². The van der Waals surface area contributed by atoms with E-state index in [0.717, 1.165) is 5.52 Å². The molecular formula is C18H14Cl2N2O2. The lowest BCUT2D eigenvalue weighted by Crippen LogP contribution is -2.24. The van der Waals surface area contributed by atoms with E-state index in [1.165, 1.54) is 0 Å². The monoisotopic (exact) mass is 360 g/mol. The fourth-order valence-electron chi connectivity index (χ4n) is 2.55. The SMILES string of the molecule is CCn1cc(C(=O)Nc2cc(Cl)ccc2Cl)c(=O)c2ccccc21. The Balaban J connectivity index is 2.09. The van der Waals surface area contributed by atoms with Crippen LogP contribution in [-0.2, 0) is 6.54 Å². The first-order chi connectivity index (χ1) is 11.5. The molecule has 0 fully saturated rings. The number of carbonyl (C=O) groups excluding carboxylic acids is 1. The number of nitrogens with one attached hydrogen (secondary N) is 1. The first-order valence-corrected chi connectivity index (χ1v) is 8.15. The first kappa shape index (κ1) is 16.6. The highest BCUT2D eigenvalue weighted by molar-refractivity contribution is 6.35. The molecule has 6 heteroatoms. The Morgan fingerprint density at radius 2 is 1.92 bits per heavy atom. The van der Waals surface area contributed by atoms with Gasteiger partial charge in [0.25, 0.3) is 5.91 Å². The third-order valence-electron chi connectivity index (χ3n) is 3.75. The summed E-state index contributed by atoms with van der Waals surface area (Å²) >= 11 is 12.0. The second kappa shape index (κ2) is 6.67. The minimum atomic E-state index is -0.517. The molecule has 1 heterocycles. The number of pyridine rings is 1. The maximum Gasteiger partial charge on any atom is 0.261 e. The molecule has 0 unspecified atom stereocenters. The van der Waals surface area contributed by atoms with E-state index < -0.39 is 5.91 Å². The van der Waals surface area contributed by atoms with Crippen LogP contribution in [0.2, 0.25) is 10.0 Å². The van der Waals surface area contributed by atoms with Crippen LogP contribution in [0.4, 0.5) is 5.69 Å². The Kier molecular flexibility index (Phi) is 4.60. The second-order valence-electron chi connectivity index (χ2n) is 5.25. The van der Waals surface area contributed by atoms with Gasteiger partial charge in [-0.3, -0.25) is 9.59 Å². The number of halogens is 2. The zero-order valence-electron chi connectivity index (χ0n) is 12.8. The van der Waals surface area contributed by atoms with Gasteiger partial charge in [-0.05, 0) is 37.3 Å². The molecule has 0 aliphatic rings. The van der Waals surface area contributed by atoms with Crippen LogP contribution in [0.3, 0.4) is 0 Å². The van der Waals surface area contributed by atoms with Crippen LogP contribution in [0, 0.1) is 0 Å². The van der Waals surface area contributed by atoms with E-state index in [2.05, 4.69) is 5.32 Å². The fraction of sp³-hybridized carbons (Fsp3) is 0.111. The number of fused-ring (bicyclic) bond motifs is 1. The summed E-state index contributed by atoms with van der Waals surface area (Å²) in [6.07, 6.45) is 1.57. The highest BCUT2D eigenvalue weighted by Gasteiger charge is 2.16. The first-order valence-electron chi connectivity index (χ1n) is 7.40. The molecule has 24 heavy (non-hydrogen) atoms. The predicted molar refractivity (Wildman–Crippen MR) is 98.3 cm³/mol. The maximum atomic E-state index is 12.6. The van der Waals surface area contributed by atoms with Gasteiger partial charge in [-0.2, -0.15) is 0 Å². The van der Waals surface area contributed by atoms with Crippen LogP contribution >= 0.6 is 23.2 Å². The van der Waals surface area contributed by atoms with Gasteiger partial charge >= 0.3 is 0 Å². The molecule has 2 aromatic carbocycles. The fourth-order valence-corrected chi connectivity index (χ4v) is 2.89. The Labute approximate surface area is 148 Å². The largest absolute Gasteiger partial charge is 0.347 e. The molecule has 1 amide bonds.